The first-order valence-corrected chi connectivity index (χ1v) is 4.08. The maximum absolute atomic E-state index is 8.34. The number of nitrogens with zero attached hydrogens (tertiary/aromatic N) is 1. The zero-order valence-electron chi connectivity index (χ0n) is 7.12. The van der Waals surface area contributed by atoms with E-state index in [1.54, 1.807) is 0 Å². The first-order valence-electron chi connectivity index (χ1n) is 4.08. The first-order chi connectivity index (χ1) is 5.41. The molecule has 0 saturated carbocycles. The third-order valence-corrected chi connectivity index (χ3v) is 1.15. The summed E-state index contributed by atoms with van der Waals surface area (Å²) in [5.41, 5.74) is 0. The highest BCUT2D eigenvalue weighted by molar-refractivity contribution is 5.56. The number of aliphatic imine (C=N–C) groups is 1. The van der Waals surface area contributed by atoms with Gasteiger partial charge in [-0.3, -0.25) is 4.99 Å². The van der Waals surface area contributed by atoms with Crippen LogP contribution in [0.15, 0.2) is 4.99 Å². The summed E-state index contributed by atoms with van der Waals surface area (Å²) in [6.07, 6.45) is 4.10. The Morgan fingerprint density at radius 1 is 1.45 bits per heavy atom. The monoisotopic (exact) mass is 159 g/mol. The van der Waals surface area contributed by atoms with E-state index in [1.807, 2.05) is 6.21 Å². The van der Waals surface area contributed by atoms with Gasteiger partial charge in [-0.25, -0.2) is 0 Å². The molecule has 0 aliphatic heterocycles. The van der Waals surface area contributed by atoms with E-state index in [1.165, 1.54) is 0 Å². The van der Waals surface area contributed by atoms with Crippen LogP contribution in [0.4, 0.5) is 0 Å². The van der Waals surface area contributed by atoms with E-state index < -0.39 is 0 Å². The average molecular weight is 159 g/mol. The van der Waals surface area contributed by atoms with Crippen molar-refractivity contribution in [3.05, 3.63) is 0 Å². The normalized spacial score (nSPS) is 11.1. The second-order valence-electron chi connectivity index (χ2n) is 2.21. The summed E-state index contributed by atoms with van der Waals surface area (Å²) >= 11 is 0. The van der Waals surface area contributed by atoms with Crippen molar-refractivity contribution < 1.29 is 9.84 Å². The summed E-state index contributed by atoms with van der Waals surface area (Å²) in [7, 11) is 0. The Bertz CT molecular complexity index is 94.1. The lowest BCUT2D eigenvalue weighted by Gasteiger charge is -1.96. The molecule has 0 heterocycles. The van der Waals surface area contributed by atoms with Crippen molar-refractivity contribution in [3.63, 3.8) is 0 Å². The van der Waals surface area contributed by atoms with Gasteiger partial charge >= 0.3 is 0 Å². The summed E-state index contributed by atoms with van der Waals surface area (Å²) in [6, 6.07) is 0. The van der Waals surface area contributed by atoms with Gasteiger partial charge in [-0.1, -0.05) is 13.3 Å². The lowest BCUT2D eigenvalue weighted by atomic mass is 10.4. The van der Waals surface area contributed by atoms with E-state index in [-0.39, 0.29) is 6.61 Å². The summed E-state index contributed by atoms with van der Waals surface area (Å²) in [5, 5.41) is 8.34. The highest BCUT2D eigenvalue weighted by Crippen LogP contribution is 1.81. The van der Waals surface area contributed by atoms with Crippen LogP contribution in [-0.2, 0) is 4.74 Å². The molecule has 0 saturated heterocycles. The lowest BCUT2D eigenvalue weighted by Crippen LogP contribution is -2.02. The van der Waals surface area contributed by atoms with Gasteiger partial charge in [-0.05, 0) is 12.6 Å². The van der Waals surface area contributed by atoms with Crippen LogP contribution >= 0.6 is 0 Å². The molecule has 0 aromatic carbocycles. The highest BCUT2D eigenvalue weighted by Gasteiger charge is 1.82. The minimum absolute atomic E-state index is 0.0959. The molecule has 0 atom stereocenters. The van der Waals surface area contributed by atoms with E-state index in [0.717, 1.165) is 12.8 Å². The molecule has 0 unspecified atom stereocenters. The maximum atomic E-state index is 8.34. The summed E-state index contributed by atoms with van der Waals surface area (Å²) in [6.45, 7) is 3.96. The zero-order chi connectivity index (χ0) is 8.36. The second-order valence-corrected chi connectivity index (χ2v) is 2.21. The van der Waals surface area contributed by atoms with Crippen LogP contribution in [0, 0.1) is 0 Å². The standard InChI is InChI=1S/C8H17NO2/c1-2-3-4-9-5-7-11-8-6-10/h4,10H,2-3,5-8H2,1H3. The fourth-order valence-corrected chi connectivity index (χ4v) is 0.596. The molecule has 0 fully saturated rings. The molecule has 0 aliphatic carbocycles. The maximum Gasteiger partial charge on any atom is 0.0698 e. The van der Waals surface area contributed by atoms with E-state index in [0.29, 0.717) is 19.8 Å². The van der Waals surface area contributed by atoms with Crippen molar-refractivity contribution in [2.24, 2.45) is 4.99 Å². The molecule has 0 radical (unpaired) electrons. The van der Waals surface area contributed by atoms with Gasteiger partial charge in [0.25, 0.3) is 0 Å². The van der Waals surface area contributed by atoms with Gasteiger partial charge in [-0.15, -0.1) is 0 Å². The van der Waals surface area contributed by atoms with Crippen LogP contribution in [0.25, 0.3) is 0 Å². The molecule has 3 heteroatoms. The van der Waals surface area contributed by atoms with Crippen LogP contribution in [0.2, 0.25) is 0 Å². The van der Waals surface area contributed by atoms with Gasteiger partial charge in [-0.2, -0.15) is 0 Å². The average Bonchev–Trinajstić information content (AvgIpc) is 2.03. The van der Waals surface area contributed by atoms with Crippen molar-refractivity contribution in [3.8, 4) is 0 Å². The fraction of sp³-hybridized carbons (Fsp3) is 0.875. The van der Waals surface area contributed by atoms with Crippen LogP contribution < -0.4 is 0 Å². The molecule has 3 nitrogen and oxygen atoms in total. The molecule has 0 spiro atoms. The second kappa shape index (κ2) is 9.59. The molecular formula is C8H17NO2. The number of aliphatic hydroxyl groups is 1. The molecule has 0 aromatic heterocycles. The predicted molar refractivity (Wildman–Crippen MR) is 46.2 cm³/mol. The number of unbranched alkanes of at least 4 members (excludes halogenated alkanes) is 1. The fourth-order valence-electron chi connectivity index (χ4n) is 0.596. The quantitative estimate of drug-likeness (QED) is 0.442. The van der Waals surface area contributed by atoms with Crippen molar-refractivity contribution in [1.29, 1.82) is 0 Å². The number of ether oxygens (including phenoxy) is 1. The summed E-state index contributed by atoms with van der Waals surface area (Å²) in [4.78, 5) is 4.10. The third-order valence-electron chi connectivity index (χ3n) is 1.15. The Morgan fingerprint density at radius 2 is 2.27 bits per heavy atom. The van der Waals surface area contributed by atoms with Gasteiger partial charge in [0.2, 0.25) is 0 Å². The molecule has 1 N–H and O–H groups in total. The Balaban J connectivity index is 2.89. The molecule has 0 aromatic rings. The molecule has 66 valence electrons. The predicted octanol–water partition coefficient (Wildman–Crippen LogP) is 0.866. The van der Waals surface area contributed by atoms with Crippen molar-refractivity contribution in [2.75, 3.05) is 26.4 Å². The number of hydrogen-bond donors (Lipinski definition) is 1. The SMILES string of the molecule is CCCC=NCCOCCO. The topological polar surface area (TPSA) is 41.8 Å². The minimum Gasteiger partial charge on any atom is -0.394 e. The van der Waals surface area contributed by atoms with Crippen LogP contribution in [-0.4, -0.2) is 37.7 Å². The molecule has 0 aliphatic rings. The van der Waals surface area contributed by atoms with Gasteiger partial charge < -0.3 is 9.84 Å². The van der Waals surface area contributed by atoms with Crippen LogP contribution in [0.1, 0.15) is 19.8 Å². The van der Waals surface area contributed by atoms with Gasteiger partial charge in [0.1, 0.15) is 0 Å². The van der Waals surface area contributed by atoms with Crippen molar-refractivity contribution >= 4 is 6.21 Å². The van der Waals surface area contributed by atoms with Crippen LogP contribution in [0.5, 0.6) is 0 Å². The Morgan fingerprint density at radius 3 is 2.91 bits per heavy atom. The Kier molecular flexibility index (Phi) is 9.23. The van der Waals surface area contributed by atoms with Gasteiger partial charge in [0, 0.05) is 0 Å². The number of rotatable bonds is 7. The van der Waals surface area contributed by atoms with E-state index in [4.69, 9.17) is 9.84 Å². The summed E-state index contributed by atoms with van der Waals surface area (Å²) in [5.74, 6) is 0. The largest absolute Gasteiger partial charge is 0.394 e. The van der Waals surface area contributed by atoms with Crippen molar-refractivity contribution in [1.82, 2.24) is 0 Å². The van der Waals surface area contributed by atoms with Gasteiger partial charge in [0.15, 0.2) is 0 Å². The lowest BCUT2D eigenvalue weighted by molar-refractivity contribution is 0.0978. The Hall–Kier alpha value is -0.410. The molecule has 0 rings (SSSR count). The molecule has 0 bridgehead atoms. The Labute approximate surface area is 68.1 Å². The molecule has 11 heavy (non-hydrogen) atoms. The number of hydrogen-bond acceptors (Lipinski definition) is 3. The number of aliphatic hydroxyl groups excluding tert-OH is 1. The van der Waals surface area contributed by atoms with Crippen LogP contribution in [0.3, 0.4) is 0 Å². The smallest absolute Gasteiger partial charge is 0.0698 e. The van der Waals surface area contributed by atoms with E-state index in [2.05, 4.69) is 11.9 Å². The van der Waals surface area contributed by atoms with Gasteiger partial charge in [0.05, 0.1) is 26.4 Å². The third kappa shape index (κ3) is 9.59. The minimum atomic E-state index is 0.0959. The molecular weight excluding hydrogens is 142 g/mol. The van der Waals surface area contributed by atoms with Crippen molar-refractivity contribution in [2.45, 2.75) is 19.8 Å². The van der Waals surface area contributed by atoms with E-state index >= 15 is 0 Å². The first kappa shape index (κ1) is 10.6. The molecule has 0 amide bonds. The highest BCUT2D eigenvalue weighted by atomic mass is 16.5. The van der Waals surface area contributed by atoms with E-state index in [9.17, 15) is 0 Å². The zero-order valence-corrected chi connectivity index (χ0v) is 7.12. The summed E-state index contributed by atoms with van der Waals surface area (Å²) < 4.78 is 5.00.